The molecule has 1 aliphatic heterocycles. The van der Waals surface area contributed by atoms with E-state index in [1.54, 1.807) is 0 Å². The molecule has 1 heterocycles. The van der Waals surface area contributed by atoms with E-state index in [1.165, 1.54) is 0 Å². The number of halogens is 1. The minimum absolute atomic E-state index is 0.111. The first-order valence-corrected chi connectivity index (χ1v) is 9.22. The van der Waals surface area contributed by atoms with Crippen molar-refractivity contribution >= 4 is 11.4 Å². The molecule has 0 radical (unpaired) electrons. The lowest BCUT2D eigenvalue weighted by molar-refractivity contribution is -0.00527. The number of hydrogen-bond donors (Lipinski definition) is 2. The molecule has 0 bridgehead atoms. The van der Waals surface area contributed by atoms with E-state index in [4.69, 9.17) is 10.5 Å². The Morgan fingerprint density at radius 2 is 1.92 bits per heavy atom. The Labute approximate surface area is 145 Å². The molecule has 0 aliphatic carbocycles. The third kappa shape index (κ3) is 4.84. The summed E-state index contributed by atoms with van der Waals surface area (Å²) in [5.41, 5.74) is 7.91. The predicted octanol–water partition coefficient (Wildman–Crippen LogP) is 3.54. The van der Waals surface area contributed by atoms with Crippen LogP contribution in [0.1, 0.15) is 45.6 Å². The smallest absolute Gasteiger partial charge is 0.151 e. The fraction of sp³-hybridized carbons (Fsp3) is 0.684. The second-order valence-corrected chi connectivity index (χ2v) is 6.72. The predicted molar refractivity (Wildman–Crippen MR) is 99.4 cm³/mol. The average molecular weight is 337 g/mol. The highest BCUT2D eigenvalue weighted by molar-refractivity contribution is 5.62. The molecule has 1 aromatic carbocycles. The van der Waals surface area contributed by atoms with Gasteiger partial charge < -0.3 is 20.7 Å². The van der Waals surface area contributed by atoms with Gasteiger partial charge in [0.15, 0.2) is 5.82 Å². The van der Waals surface area contributed by atoms with Crippen LogP contribution >= 0.6 is 0 Å². The Morgan fingerprint density at radius 1 is 1.21 bits per heavy atom. The van der Waals surface area contributed by atoms with Gasteiger partial charge >= 0.3 is 0 Å². The Kier molecular flexibility index (Phi) is 7.31. The zero-order valence-corrected chi connectivity index (χ0v) is 15.3. The lowest BCUT2D eigenvalue weighted by Gasteiger charge is -2.38. The molecule has 0 amide bonds. The van der Waals surface area contributed by atoms with Crippen LogP contribution < -0.4 is 16.0 Å². The maximum Gasteiger partial charge on any atom is 0.151 e. The number of nitrogens with zero attached hydrogens (tertiary/aromatic N) is 1. The Balaban J connectivity index is 2.09. The van der Waals surface area contributed by atoms with Gasteiger partial charge in [-0.25, -0.2) is 4.39 Å². The van der Waals surface area contributed by atoms with Crippen molar-refractivity contribution in [2.75, 3.05) is 36.4 Å². The highest BCUT2D eigenvalue weighted by Gasteiger charge is 2.25. The molecule has 2 rings (SSSR count). The summed E-state index contributed by atoms with van der Waals surface area (Å²) >= 11 is 0. The van der Waals surface area contributed by atoms with Gasteiger partial charge in [0.05, 0.1) is 17.9 Å². The van der Waals surface area contributed by atoms with E-state index in [0.29, 0.717) is 12.1 Å². The number of nitrogens with one attached hydrogen (secondary N) is 1. The minimum atomic E-state index is -0.111. The van der Waals surface area contributed by atoms with Gasteiger partial charge in [-0.05, 0) is 51.8 Å². The molecule has 1 aliphatic rings. The summed E-state index contributed by atoms with van der Waals surface area (Å²) in [5, 5.41) is 3.24. The van der Waals surface area contributed by atoms with E-state index in [0.717, 1.165) is 56.7 Å². The van der Waals surface area contributed by atoms with Crippen molar-refractivity contribution in [3.63, 3.8) is 0 Å². The van der Waals surface area contributed by atoms with Gasteiger partial charge in [0.2, 0.25) is 0 Å². The van der Waals surface area contributed by atoms with E-state index in [1.807, 2.05) is 13.0 Å². The highest BCUT2D eigenvalue weighted by atomic mass is 19.1. The molecule has 0 spiro atoms. The summed E-state index contributed by atoms with van der Waals surface area (Å²) in [5.74, 6) is -0.111. The number of ether oxygens (including phenoxy) is 1. The summed E-state index contributed by atoms with van der Waals surface area (Å²) < 4.78 is 20.7. The van der Waals surface area contributed by atoms with Crippen molar-refractivity contribution in [1.82, 2.24) is 0 Å². The van der Waals surface area contributed by atoms with Crippen molar-refractivity contribution in [3.8, 4) is 0 Å². The number of hydrogen-bond acceptors (Lipinski definition) is 4. The standard InChI is InChI=1S/C19H32FN3O/c1-4-16-18(23-12-14(2)24-15(3)13-23)9-8-17(19(16)20)22-11-7-5-6-10-21/h8-9,14-15,22H,4-7,10-13,21H2,1-3H3. The maximum absolute atomic E-state index is 14.9. The van der Waals surface area contributed by atoms with E-state index < -0.39 is 0 Å². The van der Waals surface area contributed by atoms with Gasteiger partial charge in [-0.1, -0.05) is 13.3 Å². The van der Waals surface area contributed by atoms with Gasteiger partial charge in [-0.2, -0.15) is 0 Å². The molecule has 1 fully saturated rings. The van der Waals surface area contributed by atoms with E-state index in [2.05, 4.69) is 30.1 Å². The number of morpholine rings is 1. The average Bonchev–Trinajstić information content (AvgIpc) is 2.54. The van der Waals surface area contributed by atoms with Crippen LogP contribution in [0.3, 0.4) is 0 Å². The van der Waals surface area contributed by atoms with E-state index in [9.17, 15) is 4.39 Å². The first-order chi connectivity index (χ1) is 11.6. The SMILES string of the molecule is CCc1c(N2CC(C)OC(C)C2)ccc(NCCCCCN)c1F. The molecule has 136 valence electrons. The van der Waals surface area contributed by atoms with Gasteiger partial charge in [0, 0.05) is 30.9 Å². The molecule has 4 nitrogen and oxygen atoms in total. The van der Waals surface area contributed by atoms with Crippen LogP contribution in [0.15, 0.2) is 12.1 Å². The lowest BCUT2D eigenvalue weighted by Crippen LogP contribution is -2.45. The Morgan fingerprint density at radius 3 is 2.54 bits per heavy atom. The zero-order valence-electron chi connectivity index (χ0n) is 15.3. The minimum Gasteiger partial charge on any atom is -0.383 e. The highest BCUT2D eigenvalue weighted by Crippen LogP contribution is 2.31. The summed E-state index contributed by atoms with van der Waals surface area (Å²) in [7, 11) is 0. The van der Waals surface area contributed by atoms with E-state index >= 15 is 0 Å². The maximum atomic E-state index is 14.9. The monoisotopic (exact) mass is 337 g/mol. The van der Waals surface area contributed by atoms with Crippen molar-refractivity contribution in [3.05, 3.63) is 23.5 Å². The summed E-state index contributed by atoms with van der Waals surface area (Å²) in [6.45, 7) is 9.28. The summed E-state index contributed by atoms with van der Waals surface area (Å²) in [6, 6.07) is 3.92. The number of anilines is 2. The molecule has 1 aromatic rings. The third-order valence-corrected chi connectivity index (χ3v) is 4.53. The second kappa shape index (κ2) is 9.23. The van der Waals surface area contributed by atoms with Crippen LogP contribution in [0.4, 0.5) is 15.8 Å². The molecule has 1 saturated heterocycles. The molecule has 2 unspecified atom stereocenters. The first kappa shape index (κ1) is 19.0. The normalized spacial score (nSPS) is 21.1. The Bertz CT molecular complexity index is 514. The largest absolute Gasteiger partial charge is 0.383 e. The van der Waals surface area contributed by atoms with E-state index in [-0.39, 0.29) is 18.0 Å². The Hall–Kier alpha value is -1.33. The number of rotatable bonds is 8. The van der Waals surface area contributed by atoms with Gasteiger partial charge in [0.1, 0.15) is 0 Å². The number of nitrogens with two attached hydrogens (primary N) is 1. The molecule has 0 saturated carbocycles. The molecular formula is C19H32FN3O. The van der Waals surface area contributed by atoms with Crippen LogP contribution in [-0.4, -0.2) is 38.4 Å². The number of unbranched alkanes of at least 4 members (excludes halogenated alkanes) is 2. The first-order valence-electron chi connectivity index (χ1n) is 9.22. The fourth-order valence-electron chi connectivity index (χ4n) is 3.42. The quantitative estimate of drug-likeness (QED) is 0.713. The van der Waals surface area contributed by atoms with Gasteiger partial charge in [-0.15, -0.1) is 0 Å². The molecule has 5 heteroatoms. The summed E-state index contributed by atoms with van der Waals surface area (Å²) in [6.07, 6.45) is 4.13. The molecule has 2 atom stereocenters. The molecule has 24 heavy (non-hydrogen) atoms. The molecule has 0 aromatic heterocycles. The van der Waals surface area contributed by atoms with Crippen molar-refractivity contribution < 1.29 is 9.13 Å². The van der Waals surface area contributed by atoms with Gasteiger partial charge in [0.25, 0.3) is 0 Å². The van der Waals surface area contributed by atoms with Crippen LogP contribution in [0, 0.1) is 5.82 Å². The number of benzene rings is 1. The molecule has 3 N–H and O–H groups in total. The fourth-order valence-corrected chi connectivity index (χ4v) is 3.42. The lowest BCUT2D eigenvalue weighted by atomic mass is 10.1. The zero-order chi connectivity index (χ0) is 17.5. The van der Waals surface area contributed by atoms with Gasteiger partial charge in [-0.3, -0.25) is 0 Å². The van der Waals surface area contributed by atoms with Crippen molar-refractivity contribution in [2.45, 2.75) is 58.7 Å². The topological polar surface area (TPSA) is 50.5 Å². The van der Waals surface area contributed by atoms with Crippen LogP contribution in [0.2, 0.25) is 0 Å². The van der Waals surface area contributed by atoms with Crippen molar-refractivity contribution in [2.24, 2.45) is 5.73 Å². The summed E-state index contributed by atoms with van der Waals surface area (Å²) in [4.78, 5) is 2.26. The van der Waals surface area contributed by atoms with Crippen LogP contribution in [0.5, 0.6) is 0 Å². The van der Waals surface area contributed by atoms with Crippen molar-refractivity contribution in [1.29, 1.82) is 0 Å². The third-order valence-electron chi connectivity index (χ3n) is 4.53. The van der Waals surface area contributed by atoms with Crippen LogP contribution in [-0.2, 0) is 11.2 Å². The molecular weight excluding hydrogens is 305 g/mol. The second-order valence-electron chi connectivity index (χ2n) is 6.72. The van der Waals surface area contributed by atoms with Crippen LogP contribution in [0.25, 0.3) is 0 Å².